The third-order valence-corrected chi connectivity index (χ3v) is 18.2. The Kier molecular flexibility index (Phi) is 30.3. The minimum Gasteiger partial charge on any atom is -0.392 e. The second-order valence-electron chi connectivity index (χ2n) is 25.8. The summed E-state index contributed by atoms with van der Waals surface area (Å²) in [5.41, 5.74) is 0.269. The summed E-state index contributed by atoms with van der Waals surface area (Å²) in [5, 5.41) is 55.5. The van der Waals surface area contributed by atoms with Crippen LogP contribution in [0.1, 0.15) is 132 Å². The first kappa shape index (κ1) is 72.7. The first-order valence-electron chi connectivity index (χ1n) is 30.1. The third-order valence-electron chi connectivity index (χ3n) is 18.2. The average Bonchev–Trinajstić information content (AvgIpc) is 4.00. The maximum absolute atomic E-state index is 14.3. The van der Waals surface area contributed by atoms with E-state index >= 15 is 0 Å². The summed E-state index contributed by atoms with van der Waals surface area (Å²) in [6.07, 6.45) is 2.56. The number of aliphatic hydroxyl groups is 4. The molecule has 0 bridgehead atoms. The predicted octanol–water partition coefficient (Wildman–Crippen LogP) is 4.81. The molecule has 18 unspecified atom stereocenters. The Labute approximate surface area is 495 Å². The molecule has 18 atom stereocenters. The highest BCUT2D eigenvalue weighted by Crippen LogP contribution is 2.41. The Bertz CT molecular complexity index is 2300. The van der Waals surface area contributed by atoms with Crippen molar-refractivity contribution >= 4 is 50.3 Å². The van der Waals surface area contributed by atoms with Gasteiger partial charge in [0.2, 0.25) is 0 Å². The van der Waals surface area contributed by atoms with Gasteiger partial charge in [-0.2, -0.15) is 5.10 Å². The number of hydrogen-bond acceptors (Lipinski definition) is 18. The minimum atomic E-state index is -2.10. The van der Waals surface area contributed by atoms with Crippen molar-refractivity contribution in [2.45, 2.75) is 207 Å². The van der Waals surface area contributed by atoms with Crippen LogP contribution < -0.4 is 0 Å². The Balaban J connectivity index is 2.48. The number of likely N-dealkylation sites (N-methyl/N-ethyl adjacent to an activating group) is 4. The zero-order chi connectivity index (χ0) is 62.6. The van der Waals surface area contributed by atoms with Crippen molar-refractivity contribution < 1.29 is 63.5 Å². The lowest BCUT2D eigenvalue weighted by atomic mass is 9.67. The molecule has 19 nitrogen and oxygen atoms in total. The molecular weight excluding hydrogens is 1060 g/mol. The lowest BCUT2D eigenvalue weighted by Crippen LogP contribution is -2.63. The van der Waals surface area contributed by atoms with Crippen LogP contribution in [0.5, 0.6) is 0 Å². The Hall–Kier alpha value is -4.57. The highest BCUT2D eigenvalue weighted by Gasteiger charge is 2.52. The molecule has 4 N–H and O–H groups in total. The van der Waals surface area contributed by atoms with E-state index in [2.05, 4.69) is 5.10 Å². The van der Waals surface area contributed by atoms with Gasteiger partial charge in [-0.3, -0.25) is 24.3 Å². The minimum absolute atomic E-state index is 0.0840. The van der Waals surface area contributed by atoms with Crippen molar-refractivity contribution in [3.05, 3.63) is 53.3 Å². The van der Waals surface area contributed by atoms with Gasteiger partial charge in [0.1, 0.15) is 50.3 Å². The van der Waals surface area contributed by atoms with Crippen molar-refractivity contribution in [3.8, 4) is 0 Å². The smallest absolute Gasteiger partial charge is 0.137 e. The normalized spacial score (nSPS) is 33.4. The molecule has 1 aliphatic heterocycles. The van der Waals surface area contributed by atoms with Gasteiger partial charge in [-0.05, 0) is 115 Å². The summed E-state index contributed by atoms with van der Waals surface area (Å²) in [4.78, 5) is 116. The quantitative estimate of drug-likeness (QED) is 0.109. The molecular formula is C64H104N6O13. The fourth-order valence-corrected chi connectivity index (χ4v) is 13.2. The molecule has 19 heteroatoms. The first-order chi connectivity index (χ1) is 39.2. The number of benzene rings is 1. The first-order valence-corrected chi connectivity index (χ1v) is 30.1. The second kappa shape index (κ2) is 34.5. The van der Waals surface area contributed by atoms with E-state index in [4.69, 9.17) is 4.74 Å². The van der Waals surface area contributed by atoms with Gasteiger partial charge < -0.3 is 63.5 Å². The van der Waals surface area contributed by atoms with Crippen LogP contribution in [0.3, 0.4) is 0 Å². The van der Waals surface area contributed by atoms with E-state index in [9.17, 15) is 58.8 Å². The van der Waals surface area contributed by atoms with Gasteiger partial charge in [-0.15, -0.1) is 0 Å². The van der Waals surface area contributed by atoms with Crippen LogP contribution in [0.4, 0.5) is 0 Å². The highest BCUT2D eigenvalue weighted by atomic mass is 16.5. The average molecular weight is 1170 g/mol. The van der Waals surface area contributed by atoms with Crippen molar-refractivity contribution in [2.75, 3.05) is 34.8 Å². The van der Waals surface area contributed by atoms with E-state index in [1.807, 2.05) is 97.3 Å². The van der Waals surface area contributed by atoms with E-state index in [-0.39, 0.29) is 68.6 Å². The molecule has 1 saturated heterocycles. The predicted molar refractivity (Wildman–Crippen MR) is 319 cm³/mol. The Morgan fingerprint density at radius 2 is 0.988 bits per heavy atom. The third kappa shape index (κ3) is 19.0. The Morgan fingerprint density at radius 3 is 1.40 bits per heavy atom. The summed E-state index contributed by atoms with van der Waals surface area (Å²) in [5.74, 6) is -7.48. The largest absolute Gasteiger partial charge is 0.392 e. The van der Waals surface area contributed by atoms with Crippen LogP contribution in [0, 0.1) is 59.2 Å². The summed E-state index contributed by atoms with van der Waals surface area (Å²) >= 11 is 0. The summed E-state index contributed by atoms with van der Waals surface area (Å²) in [6.45, 7) is 21.9. The molecule has 0 aliphatic carbocycles. The number of aliphatic hydroxyl groups excluding tert-OH is 3. The zero-order valence-electron chi connectivity index (χ0n) is 52.4. The Morgan fingerprint density at radius 1 is 0.566 bits per heavy atom. The summed E-state index contributed by atoms with van der Waals surface area (Å²) in [7, 11) is 6.49. The molecule has 83 heavy (non-hydrogen) atoms. The molecule has 1 aromatic carbocycles. The highest BCUT2D eigenvalue weighted by molar-refractivity contribution is 5.65. The lowest BCUT2D eigenvalue weighted by Gasteiger charge is -2.50. The van der Waals surface area contributed by atoms with E-state index < -0.39 is 108 Å². The van der Waals surface area contributed by atoms with Crippen molar-refractivity contribution in [1.29, 1.82) is 0 Å². The fraction of sp³-hybridized carbons (Fsp3) is 0.734. The molecule has 0 radical (unpaired) electrons. The molecule has 2 heterocycles. The van der Waals surface area contributed by atoms with Gasteiger partial charge in [-0.25, -0.2) is 0 Å². The second-order valence-corrected chi connectivity index (χ2v) is 25.8. The van der Waals surface area contributed by atoms with Gasteiger partial charge in [-0.1, -0.05) is 93.5 Å². The number of ether oxygens (including phenoxy) is 1. The van der Waals surface area contributed by atoms with Gasteiger partial charge in [0.05, 0.1) is 90.6 Å². The van der Waals surface area contributed by atoms with Crippen LogP contribution in [0.25, 0.3) is 0 Å². The SMILES string of the molecule is CCOCc1ccnn1Cc1ccc(CC2(O)C(C)C(C=O)N(C)C(CC(C)C)C(C=O)C(O)CC(C=O)N(C)C(CC(C)C)C(C=O)C(O)C(C)C(C=O)N(C)C(CC(C)C)C(C=O)C(O)CC(C=O)N(C)C(CC(C)C)C2C=O)cc1. The number of aromatic nitrogens is 2. The van der Waals surface area contributed by atoms with Gasteiger partial charge >= 0.3 is 0 Å². The van der Waals surface area contributed by atoms with Crippen LogP contribution in [-0.4, -0.2) is 207 Å². The molecule has 3 rings (SSSR count). The van der Waals surface area contributed by atoms with Gasteiger partial charge in [0, 0.05) is 55.2 Å². The summed E-state index contributed by atoms with van der Waals surface area (Å²) in [6, 6.07) is 1.26. The fourth-order valence-electron chi connectivity index (χ4n) is 13.2. The van der Waals surface area contributed by atoms with Gasteiger partial charge in [0.15, 0.2) is 0 Å². The summed E-state index contributed by atoms with van der Waals surface area (Å²) < 4.78 is 7.48. The van der Waals surface area contributed by atoms with Crippen LogP contribution in [0.2, 0.25) is 0 Å². The van der Waals surface area contributed by atoms with Crippen LogP contribution >= 0.6 is 0 Å². The number of rotatable bonds is 23. The van der Waals surface area contributed by atoms with Crippen LogP contribution in [0.15, 0.2) is 36.5 Å². The maximum atomic E-state index is 14.3. The van der Waals surface area contributed by atoms with Gasteiger partial charge in [0.25, 0.3) is 0 Å². The number of carbonyl (C=O) groups excluding carboxylic acids is 8. The number of hydrogen-bond donors (Lipinski definition) is 4. The molecule has 0 spiro atoms. The number of carbonyl (C=O) groups is 8. The van der Waals surface area contributed by atoms with E-state index in [1.165, 1.54) is 0 Å². The zero-order valence-corrected chi connectivity index (χ0v) is 52.4. The van der Waals surface area contributed by atoms with Crippen molar-refractivity contribution in [3.63, 3.8) is 0 Å². The number of nitrogens with zero attached hydrogens (tertiary/aromatic N) is 6. The molecule has 2 aromatic rings. The molecule has 1 aromatic heterocycles. The molecule has 0 saturated carbocycles. The van der Waals surface area contributed by atoms with E-state index in [1.54, 1.807) is 67.8 Å². The monoisotopic (exact) mass is 1160 g/mol. The molecule has 1 aliphatic rings. The number of aldehydes is 8. The molecule has 0 amide bonds. The van der Waals surface area contributed by atoms with E-state index in [0.29, 0.717) is 75.6 Å². The molecule has 468 valence electrons. The molecule has 1 fully saturated rings. The standard InChI is InChI=1S/C64H104N6O13/c1-16-83-39-48-21-22-65-70(48)30-47-19-17-46(18-20-47)29-64(82)45(11)60(38-78)69(15)56(24-41(4)5)52(34-74)61(79)27-49(31-71)66(12)57(25-42(6)7)53(35-75)63(81)44(10)59(37-77)68(14)55(23-40(2)3)51(33-73)62(80)28-50(32-72)67(13)58(26-43(8)9)54(64)36-76/h17-22,31-38,40-45,49-63,79-82H,16,23-30,39H2,1-15H3. The van der Waals surface area contributed by atoms with E-state index in [0.717, 1.165) is 11.3 Å². The van der Waals surface area contributed by atoms with Crippen molar-refractivity contribution in [1.82, 2.24) is 29.4 Å². The van der Waals surface area contributed by atoms with Crippen molar-refractivity contribution in [2.24, 2.45) is 59.2 Å². The maximum Gasteiger partial charge on any atom is 0.137 e. The topological polar surface area (TPSA) is 257 Å². The lowest BCUT2D eigenvalue weighted by molar-refractivity contribution is -0.149. The van der Waals surface area contributed by atoms with Crippen LogP contribution in [-0.2, 0) is 62.7 Å².